The quantitative estimate of drug-likeness (QED) is 0.274. The number of carbonyl (C=O) groups excluding carboxylic acids is 3. The first kappa shape index (κ1) is 20.6. The molecule has 1 saturated heterocycles. The Bertz CT molecular complexity index is 802. The van der Waals surface area contributed by atoms with Gasteiger partial charge in [0.2, 0.25) is 5.91 Å². The Morgan fingerprint density at radius 1 is 1.24 bits per heavy atom. The van der Waals surface area contributed by atoms with Gasteiger partial charge in [0.1, 0.15) is 12.1 Å². The van der Waals surface area contributed by atoms with Gasteiger partial charge < -0.3 is 16.0 Å². The van der Waals surface area contributed by atoms with Crippen LogP contribution in [0.2, 0.25) is 0 Å². The average Bonchev–Trinajstić information content (AvgIpc) is 2.92. The number of nitrogens with one attached hydrogen (secondary N) is 3. The van der Waals surface area contributed by atoms with Crippen LogP contribution >= 0.6 is 0 Å². The third-order valence-electron chi connectivity index (χ3n) is 5.53. The van der Waals surface area contributed by atoms with Crippen LogP contribution in [0.4, 0.5) is 16.2 Å². The summed E-state index contributed by atoms with van der Waals surface area (Å²) in [5.41, 5.74) is -0.156. The maximum Gasteiger partial charge on any atom is 0.325 e. The van der Waals surface area contributed by atoms with Crippen molar-refractivity contribution in [2.75, 3.05) is 25.0 Å². The molecule has 2 aliphatic rings. The highest BCUT2D eigenvalue weighted by Gasteiger charge is 2.52. The molecular formula is C19H25N5O5. The predicted octanol–water partition coefficient (Wildman–Crippen LogP) is 1.62. The summed E-state index contributed by atoms with van der Waals surface area (Å²) in [6, 6.07) is 5.43. The van der Waals surface area contributed by atoms with Crippen LogP contribution in [0.15, 0.2) is 24.3 Å². The summed E-state index contributed by atoms with van der Waals surface area (Å²) >= 11 is 0. The second-order valence-corrected chi connectivity index (χ2v) is 7.67. The molecule has 3 N–H and O–H groups in total. The molecule has 0 aromatic heterocycles. The molecule has 1 aliphatic carbocycles. The highest BCUT2D eigenvalue weighted by atomic mass is 16.6. The maximum absolute atomic E-state index is 12.7. The minimum Gasteiger partial charge on any atom is -0.383 e. The zero-order valence-electron chi connectivity index (χ0n) is 16.3. The van der Waals surface area contributed by atoms with E-state index in [0.29, 0.717) is 31.0 Å². The molecule has 1 aliphatic heterocycles. The van der Waals surface area contributed by atoms with E-state index in [1.165, 1.54) is 12.1 Å². The van der Waals surface area contributed by atoms with Crippen LogP contribution in [0, 0.1) is 16.0 Å². The van der Waals surface area contributed by atoms with Gasteiger partial charge in [0, 0.05) is 30.9 Å². The van der Waals surface area contributed by atoms with Crippen LogP contribution in [-0.4, -0.2) is 52.8 Å². The number of benzene rings is 1. The van der Waals surface area contributed by atoms with Crippen LogP contribution in [0.25, 0.3) is 0 Å². The van der Waals surface area contributed by atoms with Gasteiger partial charge in [-0.15, -0.1) is 0 Å². The smallest absolute Gasteiger partial charge is 0.325 e. The summed E-state index contributed by atoms with van der Waals surface area (Å²) in [6.45, 7) is 2.50. The molecule has 1 saturated carbocycles. The van der Waals surface area contributed by atoms with Crippen molar-refractivity contribution in [2.24, 2.45) is 5.92 Å². The van der Waals surface area contributed by atoms with Crippen molar-refractivity contribution in [3.05, 3.63) is 34.4 Å². The first-order chi connectivity index (χ1) is 13.8. The topological polar surface area (TPSA) is 134 Å². The normalized spacial score (nSPS) is 23.8. The largest absolute Gasteiger partial charge is 0.383 e. The van der Waals surface area contributed by atoms with Gasteiger partial charge in [-0.25, -0.2) is 4.79 Å². The van der Waals surface area contributed by atoms with Gasteiger partial charge in [0.15, 0.2) is 0 Å². The maximum atomic E-state index is 12.7. The zero-order valence-corrected chi connectivity index (χ0v) is 16.3. The summed E-state index contributed by atoms with van der Waals surface area (Å²) in [7, 11) is 0. The first-order valence-corrected chi connectivity index (χ1v) is 9.70. The zero-order chi connectivity index (χ0) is 21.0. The number of anilines is 1. The molecule has 1 heterocycles. The Morgan fingerprint density at radius 3 is 2.52 bits per heavy atom. The lowest BCUT2D eigenvalue weighted by molar-refractivity contribution is -0.384. The Hall–Kier alpha value is -3.17. The number of nitro benzene ring substituents is 1. The predicted molar refractivity (Wildman–Crippen MR) is 105 cm³/mol. The van der Waals surface area contributed by atoms with Crippen molar-refractivity contribution in [3.8, 4) is 0 Å². The molecule has 1 aromatic rings. The molecule has 1 aromatic carbocycles. The Labute approximate surface area is 168 Å². The van der Waals surface area contributed by atoms with Gasteiger partial charge >= 0.3 is 6.03 Å². The van der Waals surface area contributed by atoms with E-state index in [2.05, 4.69) is 22.9 Å². The highest BCUT2D eigenvalue weighted by Crippen LogP contribution is 2.36. The lowest BCUT2D eigenvalue weighted by Crippen LogP contribution is -2.50. The van der Waals surface area contributed by atoms with Gasteiger partial charge in [-0.05, 0) is 43.7 Å². The monoisotopic (exact) mass is 403 g/mol. The molecule has 10 nitrogen and oxygen atoms in total. The lowest BCUT2D eigenvalue weighted by atomic mass is 9.77. The van der Waals surface area contributed by atoms with Crippen molar-refractivity contribution < 1.29 is 19.3 Å². The lowest BCUT2D eigenvalue weighted by Gasteiger charge is -2.33. The number of amides is 4. The summed E-state index contributed by atoms with van der Waals surface area (Å²) in [5, 5.41) is 19.1. The number of hydrogen-bond donors (Lipinski definition) is 3. The molecule has 2 fully saturated rings. The summed E-state index contributed by atoms with van der Waals surface area (Å²) < 4.78 is 0. The molecule has 10 heteroatoms. The second kappa shape index (κ2) is 8.46. The molecule has 3 rings (SSSR count). The number of carbonyl (C=O) groups is 3. The Kier molecular flexibility index (Phi) is 6.00. The number of rotatable bonds is 7. The number of imide groups is 1. The molecule has 0 unspecified atom stereocenters. The third kappa shape index (κ3) is 4.64. The van der Waals surface area contributed by atoms with E-state index >= 15 is 0 Å². The molecule has 4 amide bonds. The van der Waals surface area contributed by atoms with E-state index < -0.39 is 22.4 Å². The van der Waals surface area contributed by atoms with Crippen LogP contribution in [0.5, 0.6) is 0 Å². The first-order valence-electron chi connectivity index (χ1n) is 9.70. The summed E-state index contributed by atoms with van der Waals surface area (Å²) in [6.07, 6.45) is 2.97. The SMILES string of the molecule is CC1CCC2(CC1)NC(=O)N(CC(=O)NCCNc1ccc([N+](=O)[O-])cc1)C2=O. The third-order valence-corrected chi connectivity index (χ3v) is 5.53. The summed E-state index contributed by atoms with van der Waals surface area (Å²) in [4.78, 5) is 48.3. The molecule has 29 heavy (non-hydrogen) atoms. The van der Waals surface area contributed by atoms with Crippen molar-refractivity contribution in [1.82, 2.24) is 15.5 Å². The molecule has 0 atom stereocenters. The minimum atomic E-state index is -0.846. The molecule has 1 spiro atoms. The van der Waals surface area contributed by atoms with E-state index in [4.69, 9.17) is 0 Å². The molecule has 156 valence electrons. The molecular weight excluding hydrogens is 378 g/mol. The molecule has 0 radical (unpaired) electrons. The number of nitrogens with zero attached hydrogens (tertiary/aromatic N) is 2. The fourth-order valence-electron chi connectivity index (χ4n) is 3.72. The van der Waals surface area contributed by atoms with Crippen LogP contribution < -0.4 is 16.0 Å². The average molecular weight is 403 g/mol. The number of urea groups is 1. The van der Waals surface area contributed by atoms with E-state index in [1.54, 1.807) is 12.1 Å². The van der Waals surface area contributed by atoms with Crippen molar-refractivity contribution in [1.29, 1.82) is 0 Å². The van der Waals surface area contributed by atoms with Crippen molar-refractivity contribution in [2.45, 2.75) is 38.1 Å². The Balaban J connectivity index is 1.43. The van der Waals surface area contributed by atoms with Crippen LogP contribution in [-0.2, 0) is 9.59 Å². The van der Waals surface area contributed by atoms with E-state index in [1.807, 2.05) is 0 Å². The van der Waals surface area contributed by atoms with E-state index in [-0.39, 0.29) is 24.7 Å². The number of nitro groups is 1. The fraction of sp³-hybridized carbons (Fsp3) is 0.526. The van der Waals surface area contributed by atoms with Crippen LogP contribution in [0.1, 0.15) is 32.6 Å². The fourth-order valence-corrected chi connectivity index (χ4v) is 3.72. The number of hydrogen-bond acceptors (Lipinski definition) is 6. The van der Waals surface area contributed by atoms with Crippen molar-refractivity contribution in [3.63, 3.8) is 0 Å². The van der Waals surface area contributed by atoms with Crippen molar-refractivity contribution >= 4 is 29.2 Å². The van der Waals surface area contributed by atoms with Gasteiger partial charge in [-0.3, -0.25) is 24.6 Å². The van der Waals surface area contributed by atoms with Gasteiger partial charge in [-0.2, -0.15) is 0 Å². The van der Waals surface area contributed by atoms with E-state index in [9.17, 15) is 24.5 Å². The number of non-ortho nitro benzene ring substituents is 1. The summed E-state index contributed by atoms with van der Waals surface area (Å²) in [5.74, 6) is -0.195. The second-order valence-electron chi connectivity index (χ2n) is 7.67. The van der Waals surface area contributed by atoms with Gasteiger partial charge in [0.25, 0.3) is 11.6 Å². The van der Waals surface area contributed by atoms with Gasteiger partial charge in [0.05, 0.1) is 4.92 Å². The van der Waals surface area contributed by atoms with Crippen LogP contribution in [0.3, 0.4) is 0 Å². The Morgan fingerprint density at radius 2 is 1.90 bits per heavy atom. The van der Waals surface area contributed by atoms with E-state index in [0.717, 1.165) is 17.7 Å². The molecule has 0 bridgehead atoms. The van der Waals surface area contributed by atoms with Gasteiger partial charge in [-0.1, -0.05) is 6.92 Å². The highest BCUT2D eigenvalue weighted by molar-refractivity contribution is 6.09. The minimum absolute atomic E-state index is 0.00241. The standard InChI is InChI=1S/C19H25N5O5/c1-13-6-8-19(9-7-13)17(26)23(18(27)22-19)12-16(25)21-11-10-20-14-2-4-15(5-3-14)24(28)29/h2-5,13,20H,6-12H2,1H3,(H,21,25)(H,22,27).